The van der Waals surface area contributed by atoms with Gasteiger partial charge in [0, 0.05) is 6.07 Å². The zero-order chi connectivity index (χ0) is 8.39. The van der Waals surface area contributed by atoms with Crippen molar-refractivity contribution in [2.75, 3.05) is 5.75 Å². The van der Waals surface area contributed by atoms with Crippen LogP contribution in [0, 0.1) is 6.07 Å². The second kappa shape index (κ2) is 3.19. The van der Waals surface area contributed by atoms with E-state index in [9.17, 15) is 0 Å². The molecule has 0 unspecified atom stereocenters. The average Bonchev–Trinajstić information content (AvgIpc) is 2.47. The van der Waals surface area contributed by atoms with Gasteiger partial charge in [-0.2, -0.15) is 0 Å². The van der Waals surface area contributed by atoms with Crippen molar-refractivity contribution in [3.8, 4) is 0 Å². The Morgan fingerprint density at radius 1 is 1.67 bits per heavy atom. The van der Waals surface area contributed by atoms with Gasteiger partial charge in [0.25, 0.3) is 5.22 Å². The van der Waals surface area contributed by atoms with Crippen molar-refractivity contribution < 1.29 is 4.42 Å². The molecule has 0 aliphatic heterocycles. The number of nitrogens with zero attached hydrogens (tertiary/aromatic N) is 1. The molecule has 1 aromatic carbocycles. The molecule has 0 aliphatic rings. The van der Waals surface area contributed by atoms with E-state index in [-0.39, 0.29) is 0 Å². The maximum atomic E-state index is 5.43. The van der Waals surface area contributed by atoms with Gasteiger partial charge < -0.3 is 4.42 Å². The van der Waals surface area contributed by atoms with Crippen LogP contribution in [0.5, 0.6) is 0 Å². The van der Waals surface area contributed by atoms with Gasteiger partial charge in [-0.15, -0.1) is 0 Å². The summed E-state index contributed by atoms with van der Waals surface area (Å²) in [5.41, 5.74) is 1.63. The molecule has 0 aliphatic carbocycles. The van der Waals surface area contributed by atoms with E-state index in [0.29, 0.717) is 0 Å². The van der Waals surface area contributed by atoms with Gasteiger partial charge in [0.1, 0.15) is 5.52 Å². The first-order valence-corrected chi connectivity index (χ1v) is 4.78. The maximum Gasteiger partial charge on any atom is 0.256 e. The Bertz CT molecular complexity index is 350. The maximum absolute atomic E-state index is 5.43. The van der Waals surface area contributed by atoms with Crippen LogP contribution in [0.3, 0.4) is 0 Å². The third-order valence-electron chi connectivity index (χ3n) is 1.47. The molecule has 12 heavy (non-hydrogen) atoms. The van der Waals surface area contributed by atoms with Gasteiger partial charge in [0.15, 0.2) is 5.58 Å². The van der Waals surface area contributed by atoms with Gasteiger partial charge in [-0.25, -0.2) is 4.98 Å². The van der Waals surface area contributed by atoms with E-state index >= 15 is 0 Å². The summed E-state index contributed by atoms with van der Waals surface area (Å²) in [6.45, 7) is 2.07. The lowest BCUT2D eigenvalue weighted by Gasteiger charge is -1.84. The van der Waals surface area contributed by atoms with Crippen molar-refractivity contribution >= 4 is 22.9 Å². The largest absolute Gasteiger partial charge is 0.431 e. The zero-order valence-electron chi connectivity index (χ0n) is 6.70. The molecule has 0 atom stereocenters. The molecule has 1 aromatic heterocycles. The summed E-state index contributed by atoms with van der Waals surface area (Å²) in [5, 5.41) is 0.731. The third kappa shape index (κ3) is 1.32. The van der Waals surface area contributed by atoms with Crippen LogP contribution in [0.15, 0.2) is 27.8 Å². The lowest BCUT2D eigenvalue weighted by atomic mass is 10.3. The Hall–Kier alpha value is -0.960. The summed E-state index contributed by atoms with van der Waals surface area (Å²) in [6, 6.07) is 8.65. The van der Waals surface area contributed by atoms with Crippen molar-refractivity contribution in [3.05, 3.63) is 24.3 Å². The molecule has 1 heterocycles. The van der Waals surface area contributed by atoms with Crippen LogP contribution in [-0.4, -0.2) is 10.7 Å². The van der Waals surface area contributed by atoms with Crippen LogP contribution < -0.4 is 0 Å². The molecular weight excluding hydrogens is 170 g/mol. The number of para-hydroxylation sites is 1. The minimum absolute atomic E-state index is 0.731. The van der Waals surface area contributed by atoms with Crippen molar-refractivity contribution in [1.29, 1.82) is 0 Å². The summed E-state index contributed by atoms with van der Waals surface area (Å²) >= 11 is 1.60. The van der Waals surface area contributed by atoms with E-state index in [2.05, 4.69) is 18.0 Å². The van der Waals surface area contributed by atoms with E-state index in [1.54, 1.807) is 11.8 Å². The average molecular weight is 178 g/mol. The number of hydrogen-bond donors (Lipinski definition) is 0. The van der Waals surface area contributed by atoms with Crippen molar-refractivity contribution in [2.24, 2.45) is 0 Å². The van der Waals surface area contributed by atoms with Gasteiger partial charge in [-0.3, -0.25) is 0 Å². The smallest absolute Gasteiger partial charge is 0.256 e. The normalized spacial score (nSPS) is 10.8. The van der Waals surface area contributed by atoms with E-state index in [1.807, 2.05) is 18.2 Å². The molecule has 0 amide bonds. The number of benzene rings is 1. The summed E-state index contributed by atoms with van der Waals surface area (Å²) in [5.74, 6) is 0.979. The van der Waals surface area contributed by atoms with E-state index in [0.717, 1.165) is 22.1 Å². The molecule has 0 spiro atoms. The molecule has 0 saturated carbocycles. The van der Waals surface area contributed by atoms with Gasteiger partial charge in [-0.1, -0.05) is 30.8 Å². The van der Waals surface area contributed by atoms with E-state index in [1.165, 1.54) is 0 Å². The highest BCUT2D eigenvalue weighted by Crippen LogP contribution is 2.21. The molecule has 1 radical (unpaired) electrons. The lowest BCUT2D eigenvalue weighted by Crippen LogP contribution is -1.69. The van der Waals surface area contributed by atoms with E-state index < -0.39 is 0 Å². The Morgan fingerprint density at radius 2 is 2.58 bits per heavy atom. The first kappa shape index (κ1) is 7.68. The molecule has 0 fully saturated rings. The van der Waals surface area contributed by atoms with Gasteiger partial charge >= 0.3 is 0 Å². The van der Waals surface area contributed by atoms with Crippen LogP contribution >= 0.6 is 11.8 Å². The van der Waals surface area contributed by atoms with Crippen LogP contribution in [0.25, 0.3) is 11.1 Å². The number of hydrogen-bond acceptors (Lipinski definition) is 3. The molecule has 2 rings (SSSR count). The number of aromatic nitrogens is 1. The van der Waals surface area contributed by atoms with Crippen LogP contribution in [-0.2, 0) is 0 Å². The first-order chi connectivity index (χ1) is 5.90. The third-order valence-corrected chi connectivity index (χ3v) is 2.18. The van der Waals surface area contributed by atoms with Crippen LogP contribution in [0.4, 0.5) is 0 Å². The first-order valence-electron chi connectivity index (χ1n) is 3.80. The fourth-order valence-corrected chi connectivity index (χ4v) is 1.53. The minimum Gasteiger partial charge on any atom is -0.431 e. The minimum atomic E-state index is 0.731. The van der Waals surface area contributed by atoms with Gasteiger partial charge in [0.2, 0.25) is 0 Å². The monoisotopic (exact) mass is 178 g/mol. The summed E-state index contributed by atoms with van der Waals surface area (Å²) < 4.78 is 5.43. The summed E-state index contributed by atoms with van der Waals surface area (Å²) in [6.07, 6.45) is 0. The lowest BCUT2D eigenvalue weighted by molar-refractivity contribution is 0.489. The van der Waals surface area contributed by atoms with E-state index in [4.69, 9.17) is 4.42 Å². The highest BCUT2D eigenvalue weighted by Gasteiger charge is 2.03. The highest BCUT2D eigenvalue weighted by atomic mass is 32.2. The van der Waals surface area contributed by atoms with Crippen molar-refractivity contribution in [3.63, 3.8) is 0 Å². The molecule has 3 heteroatoms. The number of rotatable bonds is 2. The number of thioether (sulfide) groups is 1. The standard InChI is InChI=1S/C9H8NOS/c1-2-12-9-10-7-5-3-4-6-8(7)11-9/h3-4,6H,2H2,1H3. The second-order valence-corrected chi connectivity index (χ2v) is 3.51. The predicted octanol–water partition coefficient (Wildman–Crippen LogP) is 2.74. The quantitative estimate of drug-likeness (QED) is 0.661. The summed E-state index contributed by atoms with van der Waals surface area (Å²) in [4.78, 5) is 4.24. The zero-order valence-corrected chi connectivity index (χ0v) is 7.52. The fraction of sp³-hybridized carbons (Fsp3) is 0.222. The SMILES string of the molecule is CCSc1nc2[c]cccc2o1. The van der Waals surface area contributed by atoms with Crippen LogP contribution in [0.1, 0.15) is 6.92 Å². The number of fused-ring (bicyclic) bond motifs is 1. The second-order valence-electron chi connectivity index (χ2n) is 2.30. The highest BCUT2D eigenvalue weighted by molar-refractivity contribution is 7.99. The Labute approximate surface area is 75.0 Å². The molecule has 61 valence electrons. The van der Waals surface area contributed by atoms with Gasteiger partial charge in [0.05, 0.1) is 0 Å². The molecule has 2 nitrogen and oxygen atoms in total. The molecule has 0 N–H and O–H groups in total. The Kier molecular flexibility index (Phi) is 2.04. The van der Waals surface area contributed by atoms with Crippen molar-refractivity contribution in [2.45, 2.75) is 12.1 Å². The molecule has 0 saturated heterocycles. The Balaban J connectivity index is 2.47. The van der Waals surface area contributed by atoms with Crippen LogP contribution in [0.2, 0.25) is 0 Å². The van der Waals surface area contributed by atoms with Crippen molar-refractivity contribution in [1.82, 2.24) is 4.98 Å². The molecular formula is C9H8NOS. The van der Waals surface area contributed by atoms with Gasteiger partial charge in [-0.05, 0) is 11.8 Å². The molecule has 2 aromatic rings. The number of oxazole rings is 1. The Morgan fingerprint density at radius 3 is 3.33 bits per heavy atom. The fourth-order valence-electron chi connectivity index (χ4n) is 0.976. The summed E-state index contributed by atoms with van der Waals surface area (Å²) in [7, 11) is 0. The predicted molar refractivity (Wildman–Crippen MR) is 49.2 cm³/mol. The topological polar surface area (TPSA) is 26.0 Å². The molecule has 0 bridgehead atoms.